The van der Waals surface area contributed by atoms with E-state index >= 15 is 0 Å². The number of rotatable bonds is 4. The first-order valence-electron chi connectivity index (χ1n) is 7.30. The van der Waals surface area contributed by atoms with Crippen molar-refractivity contribution in [3.8, 4) is 0 Å². The minimum Gasteiger partial charge on any atom is -0.461 e. The standard InChI is InChI=1S/C15H19Cl2NO3/c1-2-13(15(20)21-11-6-4-3-5-7-11)18-9-10(16)8-12(17)14(18)19/h8-9,11,13H,2-7H2,1H3. The molecule has 0 aliphatic heterocycles. The third-order valence-electron chi connectivity index (χ3n) is 3.80. The van der Waals surface area contributed by atoms with Gasteiger partial charge in [0.2, 0.25) is 0 Å². The van der Waals surface area contributed by atoms with Gasteiger partial charge >= 0.3 is 5.97 Å². The van der Waals surface area contributed by atoms with E-state index in [9.17, 15) is 9.59 Å². The van der Waals surface area contributed by atoms with Crippen molar-refractivity contribution in [1.29, 1.82) is 0 Å². The number of halogens is 2. The molecule has 2 rings (SSSR count). The molecule has 1 aromatic rings. The van der Waals surface area contributed by atoms with Gasteiger partial charge in [0, 0.05) is 6.20 Å². The molecule has 1 aliphatic carbocycles. The van der Waals surface area contributed by atoms with Gasteiger partial charge in [-0.05, 0) is 38.2 Å². The Morgan fingerprint density at radius 1 is 1.38 bits per heavy atom. The first-order valence-corrected chi connectivity index (χ1v) is 8.06. The van der Waals surface area contributed by atoms with Gasteiger partial charge in [-0.15, -0.1) is 0 Å². The van der Waals surface area contributed by atoms with Gasteiger partial charge in [0.05, 0.1) is 5.02 Å². The molecule has 1 saturated carbocycles. The summed E-state index contributed by atoms with van der Waals surface area (Å²) in [5, 5.41) is 0.329. The molecular weight excluding hydrogens is 313 g/mol. The van der Waals surface area contributed by atoms with Crippen LogP contribution in [0.3, 0.4) is 0 Å². The van der Waals surface area contributed by atoms with Gasteiger partial charge in [-0.2, -0.15) is 0 Å². The van der Waals surface area contributed by atoms with E-state index in [0.29, 0.717) is 11.4 Å². The highest BCUT2D eigenvalue weighted by Gasteiger charge is 2.26. The van der Waals surface area contributed by atoms with Crippen molar-refractivity contribution in [1.82, 2.24) is 4.57 Å². The molecule has 0 amide bonds. The number of hydrogen-bond acceptors (Lipinski definition) is 3. The lowest BCUT2D eigenvalue weighted by Crippen LogP contribution is -2.33. The van der Waals surface area contributed by atoms with Crippen LogP contribution < -0.4 is 5.56 Å². The predicted octanol–water partition coefficient (Wildman–Crippen LogP) is 3.98. The van der Waals surface area contributed by atoms with Crippen LogP contribution in [-0.4, -0.2) is 16.6 Å². The van der Waals surface area contributed by atoms with E-state index in [4.69, 9.17) is 27.9 Å². The van der Waals surface area contributed by atoms with Gasteiger partial charge < -0.3 is 4.74 Å². The molecule has 1 heterocycles. The summed E-state index contributed by atoms with van der Waals surface area (Å²) < 4.78 is 6.82. The van der Waals surface area contributed by atoms with Gasteiger partial charge in [0.1, 0.15) is 17.2 Å². The van der Waals surface area contributed by atoms with E-state index in [0.717, 1.165) is 25.7 Å². The first-order chi connectivity index (χ1) is 10.0. The van der Waals surface area contributed by atoms with Crippen LogP contribution >= 0.6 is 23.2 Å². The number of esters is 1. The molecule has 1 atom stereocenters. The highest BCUT2D eigenvalue weighted by Crippen LogP contribution is 2.23. The monoisotopic (exact) mass is 331 g/mol. The van der Waals surface area contributed by atoms with Crippen molar-refractivity contribution in [3.63, 3.8) is 0 Å². The van der Waals surface area contributed by atoms with E-state index in [2.05, 4.69) is 0 Å². The van der Waals surface area contributed by atoms with Gasteiger partial charge in [0.25, 0.3) is 5.56 Å². The Kier molecular flexibility index (Phi) is 5.71. The number of ether oxygens (including phenoxy) is 1. The van der Waals surface area contributed by atoms with Crippen LogP contribution in [0.15, 0.2) is 17.1 Å². The summed E-state index contributed by atoms with van der Waals surface area (Å²) in [7, 11) is 0. The molecule has 0 spiro atoms. The predicted molar refractivity (Wildman–Crippen MR) is 83.0 cm³/mol. The Labute approximate surface area is 134 Å². The molecular formula is C15H19Cl2NO3. The maximum atomic E-state index is 12.3. The van der Waals surface area contributed by atoms with Crippen LogP contribution in [0.25, 0.3) is 0 Å². The zero-order valence-electron chi connectivity index (χ0n) is 12.0. The van der Waals surface area contributed by atoms with Gasteiger partial charge in [-0.3, -0.25) is 9.36 Å². The van der Waals surface area contributed by atoms with Crippen molar-refractivity contribution in [2.45, 2.75) is 57.6 Å². The lowest BCUT2D eigenvalue weighted by Gasteiger charge is -2.25. The summed E-state index contributed by atoms with van der Waals surface area (Å²) in [5.41, 5.74) is -0.423. The highest BCUT2D eigenvalue weighted by molar-refractivity contribution is 6.34. The van der Waals surface area contributed by atoms with Crippen molar-refractivity contribution < 1.29 is 9.53 Å². The van der Waals surface area contributed by atoms with E-state index in [1.54, 1.807) is 0 Å². The number of carbonyl (C=O) groups excluding carboxylic acids is 1. The lowest BCUT2D eigenvalue weighted by molar-refractivity contribution is -0.154. The number of carbonyl (C=O) groups is 1. The Balaban J connectivity index is 2.18. The average Bonchev–Trinajstić information content (AvgIpc) is 2.45. The molecule has 0 aromatic carbocycles. The van der Waals surface area contributed by atoms with Gasteiger partial charge in [-0.25, -0.2) is 4.79 Å². The second kappa shape index (κ2) is 7.32. The molecule has 0 bridgehead atoms. The van der Waals surface area contributed by atoms with Crippen LogP contribution in [0.5, 0.6) is 0 Å². The van der Waals surface area contributed by atoms with Crippen LogP contribution in [0.4, 0.5) is 0 Å². The molecule has 0 N–H and O–H groups in total. The van der Waals surface area contributed by atoms with Crippen LogP contribution in [0.1, 0.15) is 51.5 Å². The first kappa shape index (κ1) is 16.4. The molecule has 4 nitrogen and oxygen atoms in total. The maximum Gasteiger partial charge on any atom is 0.329 e. The van der Waals surface area contributed by atoms with E-state index < -0.39 is 11.6 Å². The fraction of sp³-hybridized carbons (Fsp3) is 0.600. The third kappa shape index (κ3) is 4.01. The summed E-state index contributed by atoms with van der Waals surface area (Å²) in [6.07, 6.45) is 6.99. The largest absolute Gasteiger partial charge is 0.461 e. The molecule has 116 valence electrons. The van der Waals surface area contributed by atoms with Crippen molar-refractivity contribution in [3.05, 3.63) is 32.7 Å². The number of hydrogen-bond donors (Lipinski definition) is 0. The third-order valence-corrected chi connectivity index (χ3v) is 4.27. The SMILES string of the molecule is CCC(C(=O)OC1CCCCC1)n1cc(Cl)cc(Cl)c1=O. The van der Waals surface area contributed by atoms with Crippen molar-refractivity contribution >= 4 is 29.2 Å². The molecule has 0 saturated heterocycles. The lowest BCUT2D eigenvalue weighted by atomic mass is 9.98. The fourth-order valence-electron chi connectivity index (χ4n) is 2.67. The minimum absolute atomic E-state index is 0.00594. The quantitative estimate of drug-likeness (QED) is 0.784. The summed E-state index contributed by atoms with van der Waals surface area (Å²) >= 11 is 11.8. The van der Waals surface area contributed by atoms with E-state index in [1.165, 1.54) is 23.3 Å². The normalized spacial score (nSPS) is 17.5. The molecule has 6 heteroatoms. The van der Waals surface area contributed by atoms with Gasteiger partial charge in [0.15, 0.2) is 0 Å². The average molecular weight is 332 g/mol. The second-order valence-electron chi connectivity index (χ2n) is 5.34. The molecule has 1 unspecified atom stereocenters. The van der Waals surface area contributed by atoms with Crippen LogP contribution in [0.2, 0.25) is 10.0 Å². The van der Waals surface area contributed by atoms with E-state index in [1.807, 2.05) is 6.92 Å². The fourth-order valence-corrected chi connectivity index (χ4v) is 3.15. The number of nitrogens with zero attached hydrogens (tertiary/aromatic N) is 1. The zero-order chi connectivity index (χ0) is 15.4. The Hall–Kier alpha value is -1.00. The Morgan fingerprint density at radius 2 is 2.05 bits per heavy atom. The molecule has 21 heavy (non-hydrogen) atoms. The summed E-state index contributed by atoms with van der Waals surface area (Å²) in [4.78, 5) is 24.4. The topological polar surface area (TPSA) is 48.3 Å². The van der Waals surface area contributed by atoms with E-state index in [-0.39, 0.29) is 17.1 Å². The summed E-state index contributed by atoms with van der Waals surface area (Å²) in [5.74, 6) is -0.384. The molecule has 1 aliphatic rings. The second-order valence-corrected chi connectivity index (χ2v) is 6.18. The summed E-state index contributed by atoms with van der Waals surface area (Å²) in [6, 6.07) is 0.692. The summed E-state index contributed by atoms with van der Waals surface area (Å²) in [6.45, 7) is 1.83. The smallest absolute Gasteiger partial charge is 0.329 e. The van der Waals surface area contributed by atoms with Crippen molar-refractivity contribution in [2.75, 3.05) is 0 Å². The highest BCUT2D eigenvalue weighted by atomic mass is 35.5. The molecule has 1 aromatic heterocycles. The molecule has 0 radical (unpaired) electrons. The Morgan fingerprint density at radius 3 is 2.67 bits per heavy atom. The Bertz CT molecular complexity index is 565. The zero-order valence-corrected chi connectivity index (χ0v) is 13.5. The van der Waals surface area contributed by atoms with Gasteiger partial charge in [-0.1, -0.05) is 36.5 Å². The minimum atomic E-state index is -0.685. The number of pyridine rings is 1. The maximum absolute atomic E-state index is 12.3. The number of aromatic nitrogens is 1. The van der Waals surface area contributed by atoms with Crippen LogP contribution in [-0.2, 0) is 9.53 Å². The van der Waals surface area contributed by atoms with Crippen LogP contribution in [0, 0.1) is 0 Å². The molecule has 1 fully saturated rings. The van der Waals surface area contributed by atoms with Crippen molar-refractivity contribution in [2.24, 2.45) is 0 Å².